The van der Waals surface area contributed by atoms with E-state index in [4.69, 9.17) is 6.85 Å². The second kappa shape index (κ2) is 33.3. The van der Waals surface area contributed by atoms with E-state index in [-0.39, 0.29) is 0 Å². The fourth-order valence-corrected chi connectivity index (χ4v) is 14.9. The predicted molar refractivity (Wildman–Crippen MR) is 462 cm³/mol. The molecule has 8 aromatic carbocycles. The number of hydrogen-bond acceptors (Lipinski definition) is 2. The molecule has 0 amide bonds. The minimum Gasteiger partial charge on any atom is -0.264 e. The molecule has 0 aliphatic carbocycles. The summed E-state index contributed by atoms with van der Waals surface area (Å²) in [5.41, 5.74) is 33.2. The maximum atomic E-state index is 8.64. The molecule has 0 saturated heterocycles. The van der Waals surface area contributed by atoms with Gasteiger partial charge in [-0.05, 0) is 225 Å². The van der Waals surface area contributed by atoms with Crippen LogP contribution in [0.5, 0.6) is 0 Å². The monoisotopic (exact) mass is 1440 g/mol. The highest BCUT2D eigenvalue weighted by Crippen LogP contribution is 2.37. The number of nitrogens with zero attached hydrogens (tertiary/aromatic N) is 7. The lowest BCUT2D eigenvalue weighted by Gasteiger charge is -2.14. The Labute approximate surface area is 658 Å². The van der Waals surface area contributed by atoms with Gasteiger partial charge in [0, 0.05) is 101 Å². The first kappa shape index (κ1) is 72.3. The third-order valence-electron chi connectivity index (χ3n) is 22.2. The molecule has 7 nitrogen and oxygen atoms in total. The molecule has 0 N–H and O–H groups in total. The number of pyridine rings is 7. The third-order valence-corrected chi connectivity index (χ3v) is 22.2. The zero-order valence-corrected chi connectivity index (χ0v) is 69.7. The zero-order valence-electron chi connectivity index (χ0n) is 74.7. The van der Waals surface area contributed by atoms with Crippen molar-refractivity contribution in [2.45, 2.75) is 163 Å². The molecule has 15 rings (SSSR count). The van der Waals surface area contributed by atoms with E-state index in [9.17, 15) is 0 Å². The van der Waals surface area contributed by atoms with Crippen LogP contribution in [-0.4, -0.2) is 9.97 Å². The summed E-state index contributed by atoms with van der Waals surface area (Å²) in [7, 11) is 10.3. The van der Waals surface area contributed by atoms with Crippen LogP contribution in [0.4, 0.5) is 0 Å². The predicted octanol–water partition coefficient (Wildman–Crippen LogP) is 23.4. The summed E-state index contributed by atoms with van der Waals surface area (Å²) in [5, 5.41) is 10.9. The smallest absolute Gasteiger partial charge is 0.222 e. The summed E-state index contributed by atoms with van der Waals surface area (Å²) in [5.74, 6) is 1.40. The van der Waals surface area contributed by atoms with Crippen molar-refractivity contribution in [3.63, 3.8) is 0 Å². The minimum atomic E-state index is 0.462. The van der Waals surface area contributed by atoms with E-state index in [1.807, 2.05) is 79.6 Å². The van der Waals surface area contributed by atoms with Gasteiger partial charge < -0.3 is 0 Å². The molecule has 109 heavy (non-hydrogen) atoms. The molecule has 0 aliphatic heterocycles. The number of fused-ring (bicyclic) bond motifs is 5. The fourth-order valence-electron chi connectivity index (χ4n) is 14.9. The second-order valence-corrected chi connectivity index (χ2v) is 31.3. The van der Waals surface area contributed by atoms with Crippen molar-refractivity contribution in [2.24, 2.45) is 35.2 Å². The molecule has 0 radical (unpaired) electrons. The number of hydrogen-bond donors (Lipinski definition) is 0. The van der Waals surface area contributed by atoms with Gasteiger partial charge in [-0.3, -0.25) is 9.97 Å². The van der Waals surface area contributed by atoms with Crippen molar-refractivity contribution in [1.29, 1.82) is 0 Å². The van der Waals surface area contributed by atoms with Gasteiger partial charge in [-0.1, -0.05) is 161 Å². The lowest BCUT2D eigenvalue weighted by atomic mass is 9.92. The van der Waals surface area contributed by atoms with Gasteiger partial charge in [0.15, 0.2) is 28.5 Å². The Morgan fingerprint density at radius 3 is 1.06 bits per heavy atom. The largest absolute Gasteiger partial charge is 0.264 e. The fraction of sp³-hybridized carbons (Fsp3) is 0.284. The van der Waals surface area contributed by atoms with Gasteiger partial charge >= 0.3 is 0 Å². The SMILES string of the molecule is [2H]c1c(C)[n+](C)c(-c2cc(C)cc(C)c2C)c2ccc(C(C)C)cc12.[2H]c1c(C)[n+](C)c(-c2cc(C)ccc2C)c2ccc(C(C)C)cc12.[2H]c1c(C)[n+](C)c(-c2ccccc2C)c2ccc(C(C)C)cc12.[2H]c1c(C)[n+](C)c(-c2ccncc2C)c2cc(C)ccc12.[2H]c1c(C)[n+](C)c(-c2cnccc2C)c2cc(C)ccc12. The van der Waals surface area contributed by atoms with E-state index in [2.05, 4.69) is 316 Å². The summed E-state index contributed by atoms with van der Waals surface area (Å²) in [6.45, 7) is 44.6. The Hall–Kier alpha value is -10.9. The first-order valence-corrected chi connectivity index (χ1v) is 38.6. The highest BCUT2D eigenvalue weighted by atomic mass is 15.0. The molecule has 0 bridgehead atoms. The maximum absolute atomic E-state index is 8.64. The number of benzene rings is 8. The Bertz CT molecular complexity index is 6140. The van der Waals surface area contributed by atoms with Gasteiger partial charge in [-0.15, -0.1) is 0 Å². The van der Waals surface area contributed by atoms with E-state index in [0.29, 0.717) is 48.0 Å². The highest BCUT2D eigenvalue weighted by molar-refractivity contribution is 5.98. The zero-order chi connectivity index (χ0) is 83.1. The van der Waals surface area contributed by atoms with Crippen LogP contribution in [0.3, 0.4) is 0 Å². The molecule has 7 heterocycles. The average molecular weight is 1450 g/mol. The van der Waals surface area contributed by atoms with Crippen LogP contribution in [0.15, 0.2) is 213 Å². The number of aromatic nitrogens is 7. The molecule has 0 atom stereocenters. The summed E-state index contributed by atoms with van der Waals surface area (Å²) in [6.07, 6.45) is 7.45. The van der Waals surface area contributed by atoms with Gasteiger partial charge in [0.05, 0.1) is 50.5 Å². The Morgan fingerprint density at radius 1 is 0.266 bits per heavy atom. The molecule has 7 aromatic heterocycles. The van der Waals surface area contributed by atoms with Crippen molar-refractivity contribution in [3.05, 3.63) is 314 Å². The average Bonchev–Trinajstić information content (AvgIpc) is 0.766. The molecule has 0 saturated carbocycles. The molecule has 0 fully saturated rings. The quantitative estimate of drug-likeness (QED) is 0.142. The van der Waals surface area contributed by atoms with Gasteiger partial charge in [0.1, 0.15) is 35.2 Å². The molecule has 7 heteroatoms. The number of rotatable bonds is 8. The topological polar surface area (TPSA) is 45.2 Å². The Kier molecular flexibility index (Phi) is 22.1. The van der Waals surface area contributed by atoms with E-state index in [1.165, 1.54) is 106 Å². The van der Waals surface area contributed by atoms with Crippen LogP contribution in [0.2, 0.25) is 0 Å². The number of aryl methyl sites for hydroxylation is 9. The first-order valence-electron chi connectivity index (χ1n) is 41.1. The van der Waals surface area contributed by atoms with Crippen LogP contribution in [0, 0.1) is 104 Å². The van der Waals surface area contributed by atoms with Crippen molar-refractivity contribution < 1.29 is 29.7 Å². The minimum absolute atomic E-state index is 0.462. The maximum Gasteiger partial charge on any atom is 0.222 e. The van der Waals surface area contributed by atoms with Crippen molar-refractivity contribution in [3.8, 4) is 56.3 Å². The molecule has 0 aliphatic rings. The summed E-state index contributed by atoms with van der Waals surface area (Å²) < 4.78 is 53.3. The second-order valence-electron chi connectivity index (χ2n) is 31.3. The van der Waals surface area contributed by atoms with Crippen LogP contribution >= 0.6 is 0 Å². The van der Waals surface area contributed by atoms with Crippen molar-refractivity contribution in [1.82, 2.24) is 9.97 Å². The van der Waals surface area contributed by atoms with Crippen LogP contribution in [0.25, 0.3) is 110 Å². The van der Waals surface area contributed by atoms with E-state index >= 15 is 0 Å². The van der Waals surface area contributed by atoms with E-state index < -0.39 is 0 Å². The Balaban J connectivity index is 0.000000141. The Morgan fingerprint density at radius 2 is 0.615 bits per heavy atom. The normalized spacial score (nSPS) is 11.9. The van der Waals surface area contributed by atoms with Gasteiger partial charge in [0.2, 0.25) is 28.5 Å². The van der Waals surface area contributed by atoms with Gasteiger partial charge in [-0.2, -0.15) is 22.8 Å². The van der Waals surface area contributed by atoms with Crippen LogP contribution in [0.1, 0.15) is 167 Å². The summed E-state index contributed by atoms with van der Waals surface area (Å²) in [4.78, 5) is 8.48. The van der Waals surface area contributed by atoms with Crippen LogP contribution in [-0.2, 0) is 35.2 Å². The molecular formula is C102H116N7+5. The lowest BCUT2D eigenvalue weighted by Crippen LogP contribution is -2.35. The lowest BCUT2D eigenvalue weighted by molar-refractivity contribution is -0.665. The molecule has 0 unspecified atom stereocenters. The van der Waals surface area contributed by atoms with E-state index in [1.54, 1.807) is 0 Å². The molecule has 554 valence electrons. The highest BCUT2D eigenvalue weighted by Gasteiger charge is 2.26. The molecule has 15 aromatic rings. The van der Waals surface area contributed by atoms with E-state index in [0.717, 1.165) is 105 Å². The van der Waals surface area contributed by atoms with Gasteiger partial charge in [-0.25, -0.2) is 0 Å². The first-order chi connectivity index (χ1) is 53.9. The third kappa shape index (κ3) is 16.9. The summed E-state index contributed by atoms with van der Waals surface area (Å²) >= 11 is 0. The molecular weight excluding hydrogens is 1320 g/mol. The van der Waals surface area contributed by atoms with Gasteiger partial charge in [0.25, 0.3) is 0 Å². The van der Waals surface area contributed by atoms with Crippen molar-refractivity contribution in [2.75, 3.05) is 0 Å². The van der Waals surface area contributed by atoms with Crippen molar-refractivity contribution >= 4 is 53.9 Å². The van der Waals surface area contributed by atoms with Crippen LogP contribution < -0.4 is 22.8 Å². The summed E-state index contributed by atoms with van der Waals surface area (Å²) in [6, 6.07) is 59.1. The standard InChI is InChI=1S/C23H28N.C22H26N.C21H24N.2C18H19N2/c1-14(2)19-8-9-21-20(13-19)12-17(5)24(7)23(21)22-11-15(3)10-16(4)18(22)6;1-14(2)18-9-10-20-19(13-18)12-17(5)23(6)22(20)21-11-15(3)7-8-16(21)4;1-14(2)17-10-11-20-18(13-17)12-16(4)22(5)21(20)19-9-7-6-8-15(19)3;1-12-5-6-15-10-14(3)20(4)18(17(15)9-12)16-7-8-19-11-13(16)2;1-12-5-6-15-10-14(3)20(4)18(16(15)9-12)17-11-19-8-7-13(17)2/h8-14H,1-7H3;7-14H,1-6H3;6-14H,1-5H3;2*5-11H,1-4H3/q5*+1/i3*12D;2*10D. The molecule has 0 spiro atoms.